The van der Waals surface area contributed by atoms with Crippen molar-refractivity contribution in [2.75, 3.05) is 6.54 Å². The van der Waals surface area contributed by atoms with Crippen LogP contribution in [0, 0.1) is 18.6 Å². The largest absolute Gasteiger partial charge is 0.384 e. The van der Waals surface area contributed by atoms with Gasteiger partial charge in [-0.25, -0.2) is 26.9 Å². The van der Waals surface area contributed by atoms with Crippen LogP contribution in [0.1, 0.15) is 18.3 Å². The van der Waals surface area contributed by atoms with E-state index in [-0.39, 0.29) is 10.6 Å². The first-order valence-corrected chi connectivity index (χ1v) is 8.19. The number of imidazole rings is 1. The molecule has 1 heterocycles. The van der Waals surface area contributed by atoms with Gasteiger partial charge in [0.15, 0.2) is 5.03 Å². The summed E-state index contributed by atoms with van der Waals surface area (Å²) < 4.78 is 54.7. The number of nitrogens with one attached hydrogen (secondary N) is 1. The van der Waals surface area contributed by atoms with Gasteiger partial charge in [0.1, 0.15) is 23.1 Å². The van der Waals surface area contributed by atoms with Crippen molar-refractivity contribution in [1.29, 1.82) is 0 Å². The Morgan fingerprint density at radius 1 is 1.39 bits per heavy atom. The molecular formula is C14H17F2N3O3S. The molecule has 0 saturated heterocycles. The Hall–Kier alpha value is -1.84. The summed E-state index contributed by atoms with van der Waals surface area (Å²) in [6, 6.07) is 2.69. The second kappa shape index (κ2) is 5.99. The summed E-state index contributed by atoms with van der Waals surface area (Å²) in [7, 11) is -2.32. The number of halogens is 2. The highest BCUT2D eigenvalue weighted by molar-refractivity contribution is 7.89. The molecule has 0 saturated carbocycles. The lowest BCUT2D eigenvalue weighted by molar-refractivity contribution is 0.0588. The van der Waals surface area contributed by atoms with E-state index >= 15 is 0 Å². The predicted octanol–water partition coefficient (Wildman–Crippen LogP) is 1.19. The number of aromatic nitrogens is 2. The molecule has 0 unspecified atom stereocenters. The third-order valence-electron chi connectivity index (χ3n) is 3.48. The van der Waals surface area contributed by atoms with Gasteiger partial charge in [0.2, 0.25) is 0 Å². The molecule has 0 bridgehead atoms. The van der Waals surface area contributed by atoms with Crippen LogP contribution >= 0.6 is 0 Å². The molecule has 0 aliphatic heterocycles. The third-order valence-corrected chi connectivity index (χ3v) is 4.75. The van der Waals surface area contributed by atoms with E-state index in [4.69, 9.17) is 0 Å². The third kappa shape index (κ3) is 3.74. The van der Waals surface area contributed by atoms with Crippen molar-refractivity contribution in [3.63, 3.8) is 0 Å². The lowest BCUT2D eigenvalue weighted by atomic mass is 9.96. The summed E-state index contributed by atoms with van der Waals surface area (Å²) in [5, 5.41) is 10.1. The van der Waals surface area contributed by atoms with Crippen LogP contribution in [0.3, 0.4) is 0 Å². The highest BCUT2D eigenvalue weighted by Crippen LogP contribution is 2.24. The molecule has 2 aromatic rings. The molecule has 0 amide bonds. The first-order chi connectivity index (χ1) is 10.5. The normalized spacial score (nSPS) is 14.7. The molecule has 1 aromatic heterocycles. The van der Waals surface area contributed by atoms with Gasteiger partial charge in [0.25, 0.3) is 10.0 Å². The Labute approximate surface area is 132 Å². The standard InChI is InChI=1S/C14H17F2N3O3S/c1-9-18-13(7-19(9)3)23(21,22)17-8-14(2,20)11-5-4-10(15)6-12(11)16/h4-7,17,20H,8H2,1-3H3/t14-/m1/s1. The van der Waals surface area contributed by atoms with Crippen LogP contribution in [0.4, 0.5) is 8.78 Å². The van der Waals surface area contributed by atoms with Crippen LogP contribution in [0.5, 0.6) is 0 Å². The first-order valence-electron chi connectivity index (χ1n) is 6.70. The van der Waals surface area contributed by atoms with Crippen LogP contribution < -0.4 is 4.72 Å². The van der Waals surface area contributed by atoms with Crippen molar-refractivity contribution >= 4 is 10.0 Å². The summed E-state index contributed by atoms with van der Waals surface area (Å²) in [4.78, 5) is 3.89. The quantitative estimate of drug-likeness (QED) is 0.853. The first kappa shape index (κ1) is 17.5. The van der Waals surface area contributed by atoms with Crippen molar-refractivity contribution < 1.29 is 22.3 Å². The van der Waals surface area contributed by atoms with Crippen LogP contribution in [-0.4, -0.2) is 29.6 Å². The van der Waals surface area contributed by atoms with E-state index in [0.717, 1.165) is 12.1 Å². The van der Waals surface area contributed by atoms with Crippen LogP contribution in [-0.2, 0) is 22.7 Å². The van der Waals surface area contributed by atoms with E-state index in [2.05, 4.69) is 9.71 Å². The maximum atomic E-state index is 13.8. The summed E-state index contributed by atoms with van der Waals surface area (Å²) in [5.41, 5.74) is -2.06. The average Bonchev–Trinajstić information content (AvgIpc) is 2.77. The van der Waals surface area contributed by atoms with Gasteiger partial charge in [-0.1, -0.05) is 6.07 Å². The lowest BCUT2D eigenvalue weighted by Gasteiger charge is -2.24. The second-order valence-corrected chi connectivity index (χ2v) is 7.17. The van der Waals surface area contributed by atoms with Gasteiger partial charge in [0.05, 0.1) is 0 Å². The minimum atomic E-state index is -3.96. The van der Waals surface area contributed by atoms with E-state index in [9.17, 15) is 22.3 Å². The maximum absolute atomic E-state index is 13.8. The fraction of sp³-hybridized carbons (Fsp3) is 0.357. The number of hydrogen-bond acceptors (Lipinski definition) is 4. The fourth-order valence-electron chi connectivity index (χ4n) is 1.99. The Morgan fingerprint density at radius 3 is 2.57 bits per heavy atom. The van der Waals surface area contributed by atoms with Gasteiger partial charge >= 0.3 is 0 Å². The summed E-state index contributed by atoms with van der Waals surface area (Å²) in [6.45, 7) is 2.38. The van der Waals surface area contributed by atoms with Crippen molar-refractivity contribution in [3.05, 3.63) is 47.4 Å². The molecule has 126 valence electrons. The zero-order chi connectivity index (χ0) is 17.4. The topological polar surface area (TPSA) is 84.2 Å². The van der Waals surface area contributed by atoms with E-state index in [0.29, 0.717) is 11.9 Å². The lowest BCUT2D eigenvalue weighted by Crippen LogP contribution is -2.39. The van der Waals surface area contributed by atoms with Crippen molar-refractivity contribution in [3.8, 4) is 0 Å². The van der Waals surface area contributed by atoms with Crippen molar-refractivity contribution in [1.82, 2.24) is 14.3 Å². The molecule has 1 atom stereocenters. The molecule has 0 spiro atoms. The van der Waals surface area contributed by atoms with Gasteiger partial charge < -0.3 is 9.67 Å². The smallest absolute Gasteiger partial charge is 0.259 e. The molecule has 2 rings (SSSR count). The number of benzene rings is 1. The number of aliphatic hydroxyl groups is 1. The molecule has 0 aliphatic carbocycles. The molecular weight excluding hydrogens is 328 g/mol. The highest BCUT2D eigenvalue weighted by atomic mass is 32.2. The number of sulfonamides is 1. The molecule has 2 N–H and O–H groups in total. The van der Waals surface area contributed by atoms with E-state index in [1.165, 1.54) is 17.7 Å². The zero-order valence-corrected chi connectivity index (χ0v) is 13.7. The molecule has 9 heteroatoms. The maximum Gasteiger partial charge on any atom is 0.259 e. The van der Waals surface area contributed by atoms with Gasteiger partial charge in [-0.2, -0.15) is 0 Å². The molecule has 0 aliphatic rings. The highest BCUT2D eigenvalue weighted by Gasteiger charge is 2.30. The Kier molecular flexibility index (Phi) is 4.56. The fourth-order valence-corrected chi connectivity index (χ4v) is 3.15. The monoisotopic (exact) mass is 345 g/mol. The van der Waals surface area contributed by atoms with E-state index < -0.39 is 33.8 Å². The van der Waals surface area contributed by atoms with Gasteiger partial charge in [-0.3, -0.25) is 0 Å². The summed E-state index contributed by atoms with van der Waals surface area (Å²) in [6.07, 6.45) is 1.32. The van der Waals surface area contributed by atoms with Crippen LogP contribution in [0.25, 0.3) is 0 Å². The molecule has 23 heavy (non-hydrogen) atoms. The van der Waals surface area contributed by atoms with E-state index in [1.807, 2.05) is 0 Å². The van der Waals surface area contributed by atoms with Crippen molar-refractivity contribution in [2.45, 2.75) is 24.5 Å². The number of aryl methyl sites for hydroxylation is 2. The van der Waals surface area contributed by atoms with Crippen LogP contribution in [0.15, 0.2) is 29.4 Å². The van der Waals surface area contributed by atoms with Gasteiger partial charge in [0, 0.05) is 31.4 Å². The number of nitrogens with zero attached hydrogens (tertiary/aromatic N) is 2. The molecule has 6 nitrogen and oxygen atoms in total. The number of hydrogen-bond donors (Lipinski definition) is 2. The Bertz CT molecular complexity index is 812. The Morgan fingerprint density at radius 2 is 2.04 bits per heavy atom. The SMILES string of the molecule is Cc1nc(S(=O)(=O)NC[C@@](C)(O)c2ccc(F)cc2F)cn1C. The zero-order valence-electron chi connectivity index (χ0n) is 12.8. The molecule has 0 radical (unpaired) electrons. The van der Waals surface area contributed by atoms with Crippen molar-refractivity contribution in [2.24, 2.45) is 7.05 Å². The Balaban J connectivity index is 2.21. The predicted molar refractivity (Wildman–Crippen MR) is 79.1 cm³/mol. The average molecular weight is 345 g/mol. The van der Waals surface area contributed by atoms with Gasteiger partial charge in [-0.15, -0.1) is 0 Å². The second-order valence-electron chi connectivity index (χ2n) is 5.46. The van der Waals surface area contributed by atoms with Crippen LogP contribution in [0.2, 0.25) is 0 Å². The molecule has 1 aromatic carbocycles. The summed E-state index contributed by atoms with van der Waals surface area (Å²) in [5.74, 6) is -1.24. The molecule has 0 fully saturated rings. The minimum Gasteiger partial charge on any atom is -0.384 e. The van der Waals surface area contributed by atoms with Gasteiger partial charge in [-0.05, 0) is 19.9 Å². The van der Waals surface area contributed by atoms with E-state index in [1.54, 1.807) is 14.0 Å². The summed E-state index contributed by atoms with van der Waals surface area (Å²) >= 11 is 0. The number of rotatable bonds is 5. The minimum absolute atomic E-state index is 0.201.